The van der Waals surface area contributed by atoms with Gasteiger partial charge in [-0.25, -0.2) is 13.1 Å². The normalized spacial score (nSPS) is 23.3. The third kappa shape index (κ3) is 3.51. The van der Waals surface area contributed by atoms with Crippen LogP contribution in [0.3, 0.4) is 0 Å². The van der Waals surface area contributed by atoms with Crippen LogP contribution in [-0.4, -0.2) is 14.5 Å². The van der Waals surface area contributed by atoms with Gasteiger partial charge in [0, 0.05) is 10.5 Å². The summed E-state index contributed by atoms with van der Waals surface area (Å²) >= 11 is 3.50. The summed E-state index contributed by atoms with van der Waals surface area (Å²) in [5.74, 6) is 0.406. The average Bonchev–Trinajstić information content (AvgIpc) is 2.38. The molecule has 21 heavy (non-hydrogen) atoms. The first-order valence-corrected chi connectivity index (χ1v) is 9.80. The lowest BCUT2D eigenvalue weighted by Crippen LogP contribution is -2.41. The van der Waals surface area contributed by atoms with E-state index in [2.05, 4.69) is 27.6 Å². The predicted octanol–water partition coefficient (Wildman–Crippen LogP) is 4.23. The SMILES string of the molecule is Cc1cc(C)c(S(=O)(=O)N[C@@H]2CCCC[C@H]2C)c(C)c1Br. The van der Waals surface area contributed by atoms with Gasteiger partial charge < -0.3 is 0 Å². The van der Waals surface area contributed by atoms with Crippen LogP contribution in [-0.2, 0) is 10.0 Å². The number of benzene rings is 1. The summed E-state index contributed by atoms with van der Waals surface area (Å²) < 4.78 is 29.5. The largest absolute Gasteiger partial charge is 0.241 e. The van der Waals surface area contributed by atoms with E-state index >= 15 is 0 Å². The summed E-state index contributed by atoms with van der Waals surface area (Å²) in [7, 11) is -3.47. The number of rotatable bonds is 3. The van der Waals surface area contributed by atoms with E-state index in [1.165, 1.54) is 6.42 Å². The van der Waals surface area contributed by atoms with Gasteiger partial charge in [0.25, 0.3) is 0 Å². The van der Waals surface area contributed by atoms with Crippen molar-refractivity contribution >= 4 is 26.0 Å². The highest BCUT2D eigenvalue weighted by atomic mass is 79.9. The second-order valence-electron chi connectivity index (χ2n) is 6.27. The Hall–Kier alpha value is -0.390. The molecular weight excluding hydrogens is 350 g/mol. The first-order chi connectivity index (χ1) is 9.74. The van der Waals surface area contributed by atoms with Gasteiger partial charge in [0.2, 0.25) is 10.0 Å². The quantitative estimate of drug-likeness (QED) is 0.861. The topological polar surface area (TPSA) is 46.2 Å². The highest BCUT2D eigenvalue weighted by Crippen LogP contribution is 2.31. The number of hydrogen-bond donors (Lipinski definition) is 1. The van der Waals surface area contributed by atoms with Gasteiger partial charge in [0.05, 0.1) is 4.90 Å². The van der Waals surface area contributed by atoms with E-state index in [0.717, 1.165) is 40.4 Å². The van der Waals surface area contributed by atoms with Crippen LogP contribution in [0, 0.1) is 26.7 Å². The number of hydrogen-bond acceptors (Lipinski definition) is 2. The number of aryl methyl sites for hydroxylation is 2. The van der Waals surface area contributed by atoms with Crippen molar-refractivity contribution in [3.63, 3.8) is 0 Å². The zero-order chi connectivity index (χ0) is 15.8. The highest BCUT2D eigenvalue weighted by Gasteiger charge is 2.29. The summed E-state index contributed by atoms with van der Waals surface area (Å²) in [4.78, 5) is 0.428. The first kappa shape index (κ1) is 17.0. The van der Waals surface area contributed by atoms with Crippen molar-refractivity contribution in [2.45, 2.75) is 64.3 Å². The first-order valence-electron chi connectivity index (χ1n) is 7.52. The molecule has 1 N–H and O–H groups in total. The Morgan fingerprint density at radius 1 is 1.14 bits per heavy atom. The summed E-state index contributed by atoms with van der Waals surface area (Å²) in [5, 5.41) is 0. The molecular formula is C16H24BrNO2S. The molecule has 1 aromatic rings. The molecule has 0 radical (unpaired) electrons. The van der Waals surface area contributed by atoms with Crippen LogP contribution in [0.2, 0.25) is 0 Å². The van der Waals surface area contributed by atoms with Gasteiger partial charge in [-0.15, -0.1) is 0 Å². The van der Waals surface area contributed by atoms with Crippen LogP contribution in [0.25, 0.3) is 0 Å². The maximum atomic E-state index is 12.8. The number of halogens is 1. The van der Waals surface area contributed by atoms with E-state index in [0.29, 0.717) is 10.8 Å². The molecule has 2 atom stereocenters. The Morgan fingerprint density at radius 3 is 2.38 bits per heavy atom. The van der Waals surface area contributed by atoms with E-state index in [4.69, 9.17) is 0 Å². The van der Waals surface area contributed by atoms with Crippen LogP contribution in [0.4, 0.5) is 0 Å². The van der Waals surface area contributed by atoms with Crippen molar-refractivity contribution in [1.82, 2.24) is 4.72 Å². The molecule has 0 aliphatic heterocycles. The van der Waals surface area contributed by atoms with Crippen LogP contribution < -0.4 is 4.72 Å². The van der Waals surface area contributed by atoms with Crippen molar-refractivity contribution in [2.24, 2.45) is 5.92 Å². The lowest BCUT2D eigenvalue weighted by Gasteiger charge is -2.29. The molecule has 0 amide bonds. The van der Waals surface area contributed by atoms with E-state index in [1.807, 2.05) is 26.8 Å². The molecule has 0 unspecified atom stereocenters. The molecule has 1 aliphatic carbocycles. The minimum absolute atomic E-state index is 0.0580. The van der Waals surface area contributed by atoms with Crippen molar-refractivity contribution in [3.05, 3.63) is 27.2 Å². The molecule has 0 saturated heterocycles. The molecule has 1 aliphatic rings. The van der Waals surface area contributed by atoms with Gasteiger partial charge in [-0.2, -0.15) is 0 Å². The Bertz CT molecular complexity index is 640. The minimum Gasteiger partial charge on any atom is -0.208 e. The fraction of sp³-hybridized carbons (Fsp3) is 0.625. The van der Waals surface area contributed by atoms with Crippen LogP contribution >= 0.6 is 15.9 Å². The summed E-state index contributed by atoms with van der Waals surface area (Å²) in [5.41, 5.74) is 2.67. The zero-order valence-electron chi connectivity index (χ0n) is 13.2. The molecule has 2 rings (SSSR count). The fourth-order valence-corrected chi connectivity index (χ4v) is 5.61. The maximum Gasteiger partial charge on any atom is 0.241 e. The molecule has 1 saturated carbocycles. The zero-order valence-corrected chi connectivity index (χ0v) is 15.6. The standard InChI is InChI=1S/C16H24BrNO2S/c1-10-7-5-6-8-14(10)18-21(19,20)16-12(3)9-11(2)15(17)13(16)4/h9-10,14,18H,5-8H2,1-4H3/t10-,14-/m1/s1. The summed E-state index contributed by atoms with van der Waals surface area (Å²) in [6, 6.07) is 1.98. The maximum absolute atomic E-state index is 12.8. The van der Waals surface area contributed by atoms with Gasteiger partial charge in [0.1, 0.15) is 0 Å². The monoisotopic (exact) mass is 373 g/mol. The second-order valence-corrected chi connectivity index (χ2v) is 8.71. The van der Waals surface area contributed by atoms with Crippen LogP contribution in [0.1, 0.15) is 49.3 Å². The van der Waals surface area contributed by atoms with E-state index in [-0.39, 0.29) is 6.04 Å². The molecule has 0 heterocycles. The van der Waals surface area contributed by atoms with E-state index in [1.54, 1.807) is 0 Å². The van der Waals surface area contributed by atoms with Crippen LogP contribution in [0.15, 0.2) is 15.4 Å². The molecule has 1 aromatic carbocycles. The molecule has 5 heteroatoms. The summed E-state index contributed by atoms with van der Waals surface area (Å²) in [6.07, 6.45) is 4.34. The molecule has 0 spiro atoms. The van der Waals surface area contributed by atoms with Crippen molar-refractivity contribution < 1.29 is 8.42 Å². The predicted molar refractivity (Wildman–Crippen MR) is 90.1 cm³/mol. The molecule has 118 valence electrons. The number of nitrogens with one attached hydrogen (secondary N) is 1. The van der Waals surface area contributed by atoms with E-state index < -0.39 is 10.0 Å². The van der Waals surface area contributed by atoms with Crippen molar-refractivity contribution in [3.8, 4) is 0 Å². The van der Waals surface area contributed by atoms with Crippen molar-refractivity contribution in [1.29, 1.82) is 0 Å². The Kier molecular flexibility index (Phi) is 5.16. The lowest BCUT2D eigenvalue weighted by atomic mass is 9.87. The lowest BCUT2D eigenvalue weighted by molar-refractivity contribution is 0.310. The van der Waals surface area contributed by atoms with Gasteiger partial charge in [-0.3, -0.25) is 0 Å². The third-order valence-corrected chi connectivity index (χ3v) is 7.49. The molecule has 3 nitrogen and oxygen atoms in total. The number of sulfonamides is 1. The second kappa shape index (κ2) is 6.39. The smallest absolute Gasteiger partial charge is 0.208 e. The molecule has 0 aromatic heterocycles. The fourth-order valence-electron chi connectivity index (χ4n) is 3.31. The molecule has 1 fully saturated rings. The van der Waals surface area contributed by atoms with Gasteiger partial charge in [-0.1, -0.05) is 41.8 Å². The van der Waals surface area contributed by atoms with Gasteiger partial charge in [-0.05, 0) is 56.2 Å². The van der Waals surface area contributed by atoms with Gasteiger partial charge >= 0.3 is 0 Å². The Labute approximate surface area is 136 Å². The third-order valence-electron chi connectivity index (χ3n) is 4.49. The minimum atomic E-state index is -3.47. The summed E-state index contributed by atoms with van der Waals surface area (Å²) in [6.45, 7) is 7.85. The average molecular weight is 374 g/mol. The van der Waals surface area contributed by atoms with Crippen LogP contribution in [0.5, 0.6) is 0 Å². The van der Waals surface area contributed by atoms with Crippen molar-refractivity contribution in [2.75, 3.05) is 0 Å². The molecule has 0 bridgehead atoms. The van der Waals surface area contributed by atoms with Gasteiger partial charge in [0.15, 0.2) is 0 Å². The Morgan fingerprint density at radius 2 is 1.76 bits per heavy atom. The van der Waals surface area contributed by atoms with E-state index in [9.17, 15) is 8.42 Å². The highest BCUT2D eigenvalue weighted by molar-refractivity contribution is 9.10. The Balaban J connectivity index is 2.38.